The molecule has 0 fully saturated rings. The first-order chi connectivity index (χ1) is 31.1. The number of esters is 1. The van der Waals surface area contributed by atoms with E-state index in [4.69, 9.17) is 13.8 Å². The molecule has 0 bridgehead atoms. The van der Waals surface area contributed by atoms with Crippen molar-refractivity contribution in [3.05, 3.63) is 48.6 Å². The fourth-order valence-corrected chi connectivity index (χ4v) is 7.85. The predicted molar refractivity (Wildman–Crippen MR) is 263 cm³/mol. The molecule has 0 saturated carbocycles. The summed E-state index contributed by atoms with van der Waals surface area (Å²) in [4.78, 5) is 46.1. The molecule has 0 aliphatic rings. The number of aliphatic carboxylic acids is 1. The van der Waals surface area contributed by atoms with Crippen molar-refractivity contribution in [3.63, 3.8) is 0 Å². The molecule has 0 heterocycles. The van der Waals surface area contributed by atoms with Gasteiger partial charge in [-0.1, -0.05) is 191 Å². The van der Waals surface area contributed by atoms with E-state index in [9.17, 15) is 34.1 Å². The minimum Gasteiger partial charge on any atom is -0.480 e. The van der Waals surface area contributed by atoms with Crippen molar-refractivity contribution in [2.24, 2.45) is 0 Å². The molecule has 1 amide bonds. The second-order valence-electron chi connectivity index (χ2n) is 17.4. The molecule has 0 aromatic rings. The molecule has 3 atom stereocenters. The number of carbonyl (C=O) groups is 3. The van der Waals surface area contributed by atoms with Crippen LogP contribution in [0.25, 0.3) is 0 Å². The Balaban J connectivity index is 3.85. The van der Waals surface area contributed by atoms with Crippen molar-refractivity contribution in [1.29, 1.82) is 0 Å². The third-order valence-corrected chi connectivity index (χ3v) is 12.0. The average molecular weight is 924 g/mol. The topological polar surface area (TPSA) is 169 Å². The lowest BCUT2D eigenvalue weighted by Gasteiger charge is -2.18. The number of aliphatic hydroxyl groups is 1. The van der Waals surface area contributed by atoms with Crippen LogP contribution in [0.1, 0.15) is 232 Å². The predicted octanol–water partition coefficient (Wildman–Crippen LogP) is 14.1. The van der Waals surface area contributed by atoms with Gasteiger partial charge in [-0.2, -0.15) is 0 Å². The van der Waals surface area contributed by atoms with Gasteiger partial charge in [0.15, 0.2) is 6.04 Å². The number of phosphoric acid groups is 1. The molecular weight excluding hydrogens is 830 g/mol. The van der Waals surface area contributed by atoms with Gasteiger partial charge in [0.05, 0.1) is 13.2 Å². The number of hydrogen-bond donors (Lipinski definition) is 4. The second-order valence-corrected chi connectivity index (χ2v) is 18.8. The summed E-state index contributed by atoms with van der Waals surface area (Å²) in [6, 6.07) is -1.55. The summed E-state index contributed by atoms with van der Waals surface area (Å²) in [5.41, 5.74) is 0. The highest BCUT2D eigenvalue weighted by atomic mass is 31.2. The van der Waals surface area contributed by atoms with E-state index in [0.29, 0.717) is 12.8 Å². The number of carboxylic acid groups (broad SMARTS) is 1. The number of unbranched alkanes of at least 4 members (excludes halogenated alkanes) is 26. The fourth-order valence-electron chi connectivity index (χ4n) is 7.08. The molecular formula is C52H94NO10P. The Hall–Kier alpha value is -2.56. The Morgan fingerprint density at radius 3 is 1.33 bits per heavy atom. The maximum Gasteiger partial charge on any atom is 0.472 e. The largest absolute Gasteiger partial charge is 0.480 e. The second kappa shape index (κ2) is 47.0. The van der Waals surface area contributed by atoms with Crippen molar-refractivity contribution in [1.82, 2.24) is 5.32 Å². The van der Waals surface area contributed by atoms with Gasteiger partial charge in [-0.3, -0.25) is 18.6 Å². The highest BCUT2D eigenvalue weighted by Crippen LogP contribution is 2.43. The summed E-state index contributed by atoms with van der Waals surface area (Å²) >= 11 is 0. The number of ether oxygens (including phenoxy) is 1. The van der Waals surface area contributed by atoms with Crippen molar-refractivity contribution in [2.45, 2.75) is 244 Å². The van der Waals surface area contributed by atoms with Gasteiger partial charge in [-0.05, 0) is 77.0 Å². The first-order valence-corrected chi connectivity index (χ1v) is 27.2. The third-order valence-electron chi connectivity index (χ3n) is 11.1. The highest BCUT2D eigenvalue weighted by Gasteiger charge is 2.28. The van der Waals surface area contributed by atoms with Crippen LogP contribution in [0.2, 0.25) is 0 Å². The number of hydrogen-bond acceptors (Lipinski definition) is 8. The highest BCUT2D eigenvalue weighted by molar-refractivity contribution is 7.47. The molecule has 372 valence electrons. The van der Waals surface area contributed by atoms with Gasteiger partial charge in [-0.25, -0.2) is 9.36 Å². The number of carbonyl (C=O) groups excluding carboxylic acids is 2. The number of aliphatic hydroxyl groups excluding tert-OH is 1. The maximum absolute atomic E-state index is 12.4. The summed E-state index contributed by atoms with van der Waals surface area (Å²) in [5.74, 6) is -2.38. The minimum absolute atomic E-state index is 0.136. The Kier molecular flexibility index (Phi) is 45.1. The van der Waals surface area contributed by atoms with E-state index < -0.39 is 57.6 Å². The first-order valence-electron chi connectivity index (χ1n) is 25.7. The van der Waals surface area contributed by atoms with Gasteiger partial charge < -0.3 is 25.2 Å². The van der Waals surface area contributed by atoms with Gasteiger partial charge in [-0.15, -0.1) is 0 Å². The van der Waals surface area contributed by atoms with Crippen LogP contribution in [0.5, 0.6) is 0 Å². The van der Waals surface area contributed by atoms with E-state index in [1.165, 1.54) is 128 Å². The number of allylic oxidation sites excluding steroid dienone is 8. The number of carboxylic acids is 1. The van der Waals surface area contributed by atoms with Crippen molar-refractivity contribution >= 4 is 25.7 Å². The number of phosphoric ester groups is 1. The zero-order valence-corrected chi connectivity index (χ0v) is 41.5. The molecule has 11 nitrogen and oxygen atoms in total. The summed E-state index contributed by atoms with van der Waals surface area (Å²) in [6.45, 7) is 2.58. The molecule has 12 heteroatoms. The number of amides is 1. The Labute approximate surface area is 390 Å². The lowest BCUT2D eigenvalue weighted by Crippen LogP contribution is -2.43. The third kappa shape index (κ3) is 46.0. The Morgan fingerprint density at radius 1 is 0.500 bits per heavy atom. The lowest BCUT2D eigenvalue weighted by molar-refractivity contribution is -0.147. The molecule has 0 rings (SSSR count). The summed E-state index contributed by atoms with van der Waals surface area (Å²) in [6.07, 6.45) is 54.1. The Morgan fingerprint density at radius 2 is 0.859 bits per heavy atom. The van der Waals surface area contributed by atoms with E-state index >= 15 is 0 Å². The van der Waals surface area contributed by atoms with Gasteiger partial charge in [0.1, 0.15) is 12.7 Å². The minimum atomic E-state index is -4.77. The fraction of sp³-hybridized carbons (Fsp3) is 0.788. The molecule has 0 aliphatic carbocycles. The first kappa shape index (κ1) is 61.4. The van der Waals surface area contributed by atoms with E-state index in [0.717, 1.165) is 64.2 Å². The van der Waals surface area contributed by atoms with Gasteiger partial charge in [0.2, 0.25) is 5.91 Å². The van der Waals surface area contributed by atoms with Crippen LogP contribution >= 0.6 is 7.82 Å². The molecule has 0 radical (unpaired) electrons. The van der Waals surface area contributed by atoms with Gasteiger partial charge in [0.25, 0.3) is 0 Å². The molecule has 64 heavy (non-hydrogen) atoms. The van der Waals surface area contributed by atoms with E-state index in [2.05, 4.69) is 67.8 Å². The maximum atomic E-state index is 12.4. The van der Waals surface area contributed by atoms with Gasteiger partial charge >= 0.3 is 19.8 Å². The zero-order valence-electron chi connectivity index (χ0n) is 40.6. The van der Waals surface area contributed by atoms with E-state index in [-0.39, 0.29) is 12.8 Å². The summed E-state index contributed by atoms with van der Waals surface area (Å²) in [5, 5.41) is 21.9. The van der Waals surface area contributed by atoms with E-state index in [1.807, 2.05) is 0 Å². The molecule has 0 saturated heterocycles. The van der Waals surface area contributed by atoms with Crippen LogP contribution in [0.4, 0.5) is 0 Å². The molecule has 0 aromatic carbocycles. The molecule has 0 aromatic heterocycles. The monoisotopic (exact) mass is 924 g/mol. The smallest absolute Gasteiger partial charge is 0.472 e. The Bertz CT molecular complexity index is 1270. The standard InChI is InChI=1S/C52H94NO10P/c1-3-5-7-9-11-13-15-17-19-21-23-24-26-27-29-31-33-35-37-39-41-43-50(55)53-49(52(57)58)47-63-64(59,60)62-46-48(54)45-61-51(56)44-42-40-38-36-34-32-30-28-25-22-20-18-16-14-12-10-8-6-4-2/h11,13,17-20,23-24,48-49,54H,3-10,12,14-16,21-22,25-47H2,1-2H3,(H,53,55)(H,57,58)(H,59,60)/b13-11-,19-17-,20-18+,24-23-. The van der Waals surface area contributed by atoms with Crippen LogP contribution in [0.3, 0.4) is 0 Å². The molecule has 0 spiro atoms. The van der Waals surface area contributed by atoms with E-state index in [1.54, 1.807) is 0 Å². The SMILES string of the molecule is CCCCC/C=C\C/C=C\C/C=C\CCCCCCCCCCC(=O)NC(COP(=O)(O)OCC(O)COC(=O)CCCCCCCCCCC/C=C/CCCCCCCC)C(=O)O. The van der Waals surface area contributed by atoms with Crippen molar-refractivity contribution < 1.29 is 47.8 Å². The summed E-state index contributed by atoms with van der Waals surface area (Å²) in [7, 11) is -4.77. The number of nitrogens with one attached hydrogen (secondary N) is 1. The van der Waals surface area contributed by atoms with Crippen molar-refractivity contribution in [2.75, 3.05) is 19.8 Å². The van der Waals surface area contributed by atoms with Crippen molar-refractivity contribution in [3.8, 4) is 0 Å². The van der Waals surface area contributed by atoms with Crippen LogP contribution < -0.4 is 5.32 Å². The van der Waals surface area contributed by atoms with Crippen LogP contribution in [-0.2, 0) is 32.7 Å². The average Bonchev–Trinajstić information content (AvgIpc) is 3.27. The normalized spacial score (nSPS) is 13.9. The summed E-state index contributed by atoms with van der Waals surface area (Å²) < 4.78 is 26.9. The van der Waals surface area contributed by atoms with Crippen LogP contribution in [0, 0.1) is 0 Å². The quantitative estimate of drug-likeness (QED) is 0.0199. The van der Waals surface area contributed by atoms with Crippen LogP contribution in [0.15, 0.2) is 48.6 Å². The van der Waals surface area contributed by atoms with Crippen LogP contribution in [-0.4, -0.2) is 64.9 Å². The number of rotatable bonds is 48. The molecule has 0 aliphatic heterocycles. The zero-order chi connectivity index (χ0) is 47.0. The lowest BCUT2D eigenvalue weighted by atomic mass is 10.1. The van der Waals surface area contributed by atoms with Gasteiger partial charge in [0, 0.05) is 12.8 Å². The molecule has 4 N–H and O–H groups in total. The molecule has 3 unspecified atom stereocenters.